The molecule has 15 heavy (non-hydrogen) atoms. The Morgan fingerprint density at radius 1 is 1.40 bits per heavy atom. The van der Waals surface area contributed by atoms with Crippen LogP contribution < -0.4 is 0 Å². The lowest BCUT2D eigenvalue weighted by atomic mass is 9.82. The van der Waals surface area contributed by atoms with E-state index in [2.05, 4.69) is 13.8 Å². The van der Waals surface area contributed by atoms with Crippen LogP contribution in [-0.2, 0) is 9.53 Å². The number of aldehydes is 1. The van der Waals surface area contributed by atoms with E-state index in [1.165, 1.54) is 19.3 Å². The topological polar surface area (TPSA) is 26.3 Å². The molecule has 0 amide bonds. The van der Waals surface area contributed by atoms with Crippen molar-refractivity contribution in [1.29, 1.82) is 0 Å². The van der Waals surface area contributed by atoms with Gasteiger partial charge in [0.15, 0.2) is 0 Å². The zero-order valence-corrected chi connectivity index (χ0v) is 9.87. The Morgan fingerprint density at radius 2 is 2.20 bits per heavy atom. The minimum atomic E-state index is 0.477. The maximum Gasteiger partial charge on any atom is 0.120 e. The van der Waals surface area contributed by atoms with Crippen LogP contribution in [0.15, 0.2) is 0 Å². The summed E-state index contributed by atoms with van der Waals surface area (Å²) in [5.74, 6) is 1.64. The van der Waals surface area contributed by atoms with Gasteiger partial charge in [-0.25, -0.2) is 0 Å². The van der Waals surface area contributed by atoms with Gasteiger partial charge in [0.2, 0.25) is 0 Å². The third-order valence-electron chi connectivity index (χ3n) is 4.60. The van der Waals surface area contributed by atoms with E-state index in [-0.39, 0.29) is 0 Å². The normalized spacial score (nSPS) is 37.1. The number of hydrogen-bond donors (Lipinski definition) is 0. The summed E-state index contributed by atoms with van der Waals surface area (Å²) in [6, 6.07) is 0. The molecule has 0 N–H and O–H groups in total. The van der Waals surface area contributed by atoms with E-state index in [0.29, 0.717) is 17.9 Å². The summed E-state index contributed by atoms with van der Waals surface area (Å²) < 4.78 is 5.92. The van der Waals surface area contributed by atoms with Gasteiger partial charge in [-0.2, -0.15) is 0 Å². The van der Waals surface area contributed by atoms with Crippen molar-refractivity contribution >= 4 is 6.29 Å². The van der Waals surface area contributed by atoms with Gasteiger partial charge in [-0.15, -0.1) is 0 Å². The minimum absolute atomic E-state index is 0.477. The van der Waals surface area contributed by atoms with Gasteiger partial charge in [0, 0.05) is 13.0 Å². The van der Waals surface area contributed by atoms with Crippen molar-refractivity contribution in [2.75, 3.05) is 6.61 Å². The summed E-state index contributed by atoms with van der Waals surface area (Å²) in [6.07, 6.45) is 6.97. The molecule has 0 radical (unpaired) electrons. The highest BCUT2D eigenvalue weighted by molar-refractivity contribution is 5.48. The van der Waals surface area contributed by atoms with Crippen molar-refractivity contribution in [3.05, 3.63) is 0 Å². The van der Waals surface area contributed by atoms with Gasteiger partial charge < -0.3 is 9.53 Å². The molecular weight excluding hydrogens is 188 g/mol. The summed E-state index contributed by atoms with van der Waals surface area (Å²) in [5.41, 5.74) is 0.495. The van der Waals surface area contributed by atoms with E-state index in [9.17, 15) is 4.79 Å². The molecule has 86 valence electrons. The number of carbonyl (C=O) groups excluding carboxylic acids is 1. The first-order chi connectivity index (χ1) is 7.16. The highest BCUT2D eigenvalue weighted by atomic mass is 16.5. The molecular formula is C13H22O2. The lowest BCUT2D eigenvalue weighted by Crippen LogP contribution is -2.25. The van der Waals surface area contributed by atoms with Gasteiger partial charge in [0.1, 0.15) is 6.29 Å². The molecule has 0 aliphatic heterocycles. The summed E-state index contributed by atoms with van der Waals surface area (Å²) >= 11 is 0. The Hall–Kier alpha value is -0.370. The van der Waals surface area contributed by atoms with Crippen molar-refractivity contribution in [1.82, 2.24) is 0 Å². The number of fused-ring (bicyclic) bond motifs is 2. The molecule has 2 aliphatic rings. The lowest BCUT2D eigenvalue weighted by molar-refractivity contribution is -0.108. The molecule has 2 heteroatoms. The Labute approximate surface area is 92.4 Å². The lowest BCUT2D eigenvalue weighted by Gasteiger charge is -2.26. The second kappa shape index (κ2) is 4.25. The molecule has 2 fully saturated rings. The van der Waals surface area contributed by atoms with E-state index in [1.807, 2.05) is 0 Å². The maximum absolute atomic E-state index is 10.2. The molecule has 2 saturated carbocycles. The predicted molar refractivity (Wildman–Crippen MR) is 59.7 cm³/mol. The Morgan fingerprint density at radius 3 is 2.73 bits per heavy atom. The Balaban J connectivity index is 1.79. The van der Waals surface area contributed by atoms with E-state index in [4.69, 9.17) is 4.74 Å². The molecule has 0 aromatic heterocycles. The monoisotopic (exact) mass is 210 g/mol. The largest absolute Gasteiger partial charge is 0.378 e. The molecule has 0 saturated heterocycles. The van der Waals surface area contributed by atoms with Crippen LogP contribution in [0.1, 0.15) is 46.0 Å². The van der Waals surface area contributed by atoms with Crippen molar-refractivity contribution in [3.8, 4) is 0 Å². The standard InChI is InChI=1S/C13H22O2/c1-13(2)10-5-6-11(13)12(9-10)15-8-4-3-7-14/h7,10-12H,3-6,8-9H2,1-2H3. The van der Waals surface area contributed by atoms with E-state index in [1.54, 1.807) is 0 Å². The molecule has 2 nitrogen and oxygen atoms in total. The van der Waals surface area contributed by atoms with Gasteiger partial charge in [-0.3, -0.25) is 0 Å². The molecule has 0 spiro atoms. The fourth-order valence-corrected chi connectivity index (χ4v) is 3.54. The fourth-order valence-electron chi connectivity index (χ4n) is 3.54. The molecule has 3 atom stereocenters. The summed E-state index contributed by atoms with van der Waals surface area (Å²) in [7, 11) is 0. The zero-order chi connectivity index (χ0) is 10.9. The quantitative estimate of drug-likeness (QED) is 0.515. The number of ether oxygens (including phenoxy) is 1. The molecule has 0 aromatic carbocycles. The third-order valence-corrected chi connectivity index (χ3v) is 4.60. The molecule has 2 rings (SSSR count). The molecule has 0 aromatic rings. The number of hydrogen-bond acceptors (Lipinski definition) is 2. The molecule has 3 unspecified atom stereocenters. The summed E-state index contributed by atoms with van der Waals surface area (Å²) in [5, 5.41) is 0. The molecule has 0 heterocycles. The average Bonchev–Trinajstić information content (AvgIpc) is 2.62. The first kappa shape index (κ1) is 11.1. The second-order valence-electron chi connectivity index (χ2n) is 5.66. The number of rotatable bonds is 5. The Bertz CT molecular complexity index is 235. The minimum Gasteiger partial charge on any atom is -0.378 e. The summed E-state index contributed by atoms with van der Waals surface area (Å²) in [4.78, 5) is 10.2. The van der Waals surface area contributed by atoms with Gasteiger partial charge in [0.05, 0.1) is 6.10 Å². The van der Waals surface area contributed by atoms with Crippen molar-refractivity contribution in [2.24, 2.45) is 17.3 Å². The van der Waals surface area contributed by atoms with Crippen LogP contribution in [0.3, 0.4) is 0 Å². The highest BCUT2D eigenvalue weighted by Gasteiger charge is 2.53. The first-order valence-corrected chi connectivity index (χ1v) is 6.21. The first-order valence-electron chi connectivity index (χ1n) is 6.21. The van der Waals surface area contributed by atoms with Crippen LogP contribution in [-0.4, -0.2) is 19.0 Å². The maximum atomic E-state index is 10.2. The van der Waals surface area contributed by atoms with E-state index in [0.717, 1.165) is 31.1 Å². The average molecular weight is 210 g/mol. The number of unbranched alkanes of at least 4 members (excludes halogenated alkanes) is 1. The van der Waals surface area contributed by atoms with Crippen LogP contribution in [0.5, 0.6) is 0 Å². The highest BCUT2D eigenvalue weighted by Crippen LogP contribution is 2.58. The Kier molecular flexibility index (Phi) is 3.15. The number of carbonyl (C=O) groups is 1. The van der Waals surface area contributed by atoms with Gasteiger partial charge in [0.25, 0.3) is 0 Å². The van der Waals surface area contributed by atoms with Gasteiger partial charge in [-0.1, -0.05) is 13.8 Å². The van der Waals surface area contributed by atoms with Crippen molar-refractivity contribution in [3.63, 3.8) is 0 Å². The van der Waals surface area contributed by atoms with Crippen molar-refractivity contribution in [2.45, 2.75) is 52.1 Å². The summed E-state index contributed by atoms with van der Waals surface area (Å²) in [6.45, 7) is 5.55. The van der Waals surface area contributed by atoms with Gasteiger partial charge in [-0.05, 0) is 42.9 Å². The predicted octanol–water partition coefficient (Wildman–Crippen LogP) is 2.81. The van der Waals surface area contributed by atoms with Crippen LogP contribution >= 0.6 is 0 Å². The van der Waals surface area contributed by atoms with Crippen LogP contribution in [0.25, 0.3) is 0 Å². The zero-order valence-electron chi connectivity index (χ0n) is 9.87. The van der Waals surface area contributed by atoms with Crippen LogP contribution in [0, 0.1) is 17.3 Å². The van der Waals surface area contributed by atoms with E-state index < -0.39 is 0 Å². The second-order valence-corrected chi connectivity index (χ2v) is 5.66. The molecule has 2 aliphatic carbocycles. The smallest absolute Gasteiger partial charge is 0.120 e. The van der Waals surface area contributed by atoms with Gasteiger partial charge >= 0.3 is 0 Å². The SMILES string of the molecule is CC1(C)C2CCC1C(OCCCC=O)C2. The van der Waals surface area contributed by atoms with Crippen LogP contribution in [0.4, 0.5) is 0 Å². The van der Waals surface area contributed by atoms with Crippen LogP contribution in [0.2, 0.25) is 0 Å². The van der Waals surface area contributed by atoms with E-state index >= 15 is 0 Å². The fraction of sp³-hybridized carbons (Fsp3) is 0.923. The molecule has 2 bridgehead atoms. The third kappa shape index (κ3) is 1.96. The van der Waals surface area contributed by atoms with Crippen molar-refractivity contribution < 1.29 is 9.53 Å².